The Bertz CT molecular complexity index is 597. The van der Waals surface area contributed by atoms with E-state index in [1.54, 1.807) is 0 Å². The van der Waals surface area contributed by atoms with Crippen molar-refractivity contribution in [2.75, 3.05) is 26.0 Å². The Labute approximate surface area is 151 Å². The summed E-state index contributed by atoms with van der Waals surface area (Å²) in [6, 6.07) is 5.95. The highest BCUT2D eigenvalue weighted by Gasteiger charge is 2.31. The Morgan fingerprint density at radius 1 is 1.24 bits per heavy atom. The molecule has 0 heterocycles. The number of benzene rings is 1. The first-order valence-corrected chi connectivity index (χ1v) is 8.81. The third-order valence-electron chi connectivity index (χ3n) is 3.46. The summed E-state index contributed by atoms with van der Waals surface area (Å²) in [6.07, 6.45) is -4.31. The van der Waals surface area contributed by atoms with Gasteiger partial charge in [-0.3, -0.25) is 0 Å². The van der Waals surface area contributed by atoms with E-state index in [2.05, 4.69) is 18.5 Å². The summed E-state index contributed by atoms with van der Waals surface area (Å²) in [6.45, 7) is 10.6. The summed E-state index contributed by atoms with van der Waals surface area (Å²) < 4.78 is 37.9. The number of likely N-dealkylation sites (N-methyl/N-ethyl adjacent to an activating group) is 1. The number of alkyl halides is 3. The summed E-state index contributed by atoms with van der Waals surface area (Å²) in [7, 11) is 1.35. The zero-order valence-corrected chi connectivity index (χ0v) is 15.6. The van der Waals surface area contributed by atoms with Gasteiger partial charge in [-0.05, 0) is 31.5 Å². The number of hydrogen-bond acceptors (Lipinski definition) is 4. The van der Waals surface area contributed by atoms with Crippen LogP contribution in [-0.2, 0) is 0 Å². The first-order chi connectivity index (χ1) is 11.5. The van der Waals surface area contributed by atoms with Crippen LogP contribution in [0.4, 0.5) is 13.2 Å². The van der Waals surface area contributed by atoms with Crippen molar-refractivity contribution in [2.45, 2.75) is 25.4 Å². The van der Waals surface area contributed by atoms with E-state index < -0.39 is 18.1 Å². The quantitative estimate of drug-likeness (QED) is 0.642. The third kappa shape index (κ3) is 7.44. The average Bonchev–Trinajstić information content (AvgIpc) is 2.47. The SMILES string of the molecule is C=C(NC(SCCO)C(=C)N(C)CC(F)(F)F)c1cc(C)cc(C)c1. The van der Waals surface area contributed by atoms with Gasteiger partial charge >= 0.3 is 6.18 Å². The van der Waals surface area contributed by atoms with Crippen LogP contribution in [0.5, 0.6) is 0 Å². The molecule has 1 unspecified atom stereocenters. The molecule has 1 atom stereocenters. The molecule has 0 spiro atoms. The maximum absolute atomic E-state index is 12.6. The van der Waals surface area contributed by atoms with Crippen LogP contribution in [0, 0.1) is 13.8 Å². The minimum atomic E-state index is -4.31. The molecule has 0 saturated heterocycles. The van der Waals surface area contributed by atoms with Crippen molar-refractivity contribution in [3.63, 3.8) is 0 Å². The number of aliphatic hydroxyl groups excluding tert-OH is 1. The van der Waals surface area contributed by atoms with Crippen molar-refractivity contribution in [1.82, 2.24) is 10.2 Å². The van der Waals surface area contributed by atoms with Gasteiger partial charge in [0.2, 0.25) is 0 Å². The third-order valence-corrected chi connectivity index (χ3v) is 4.60. The van der Waals surface area contributed by atoms with Crippen LogP contribution in [0.25, 0.3) is 5.70 Å². The number of halogens is 3. The van der Waals surface area contributed by atoms with Gasteiger partial charge < -0.3 is 15.3 Å². The number of hydrogen-bond donors (Lipinski definition) is 2. The Kier molecular flexibility index (Phi) is 7.89. The van der Waals surface area contributed by atoms with Crippen molar-refractivity contribution in [3.05, 3.63) is 53.7 Å². The summed E-state index contributed by atoms with van der Waals surface area (Å²) in [5.41, 5.74) is 3.90. The second-order valence-corrected chi connectivity index (χ2v) is 7.15. The molecule has 7 heteroatoms. The van der Waals surface area contributed by atoms with Gasteiger partial charge in [-0.15, -0.1) is 11.8 Å². The molecule has 1 aromatic carbocycles. The molecule has 0 aliphatic heterocycles. The van der Waals surface area contributed by atoms with Crippen LogP contribution >= 0.6 is 11.8 Å². The smallest absolute Gasteiger partial charge is 0.396 e. The maximum atomic E-state index is 12.6. The molecule has 0 aromatic heterocycles. The van der Waals surface area contributed by atoms with Crippen molar-refractivity contribution in [3.8, 4) is 0 Å². The lowest BCUT2D eigenvalue weighted by Crippen LogP contribution is -2.38. The second kappa shape index (κ2) is 9.20. The minimum Gasteiger partial charge on any atom is -0.396 e. The number of thioether (sulfide) groups is 1. The van der Waals surface area contributed by atoms with Gasteiger partial charge in [0, 0.05) is 24.2 Å². The average molecular weight is 374 g/mol. The molecule has 0 aliphatic carbocycles. The van der Waals surface area contributed by atoms with Crippen LogP contribution in [0.3, 0.4) is 0 Å². The second-order valence-electron chi connectivity index (χ2n) is 5.94. The highest BCUT2D eigenvalue weighted by molar-refractivity contribution is 8.00. The molecule has 0 aliphatic rings. The van der Waals surface area contributed by atoms with Crippen molar-refractivity contribution >= 4 is 17.5 Å². The van der Waals surface area contributed by atoms with Crippen molar-refractivity contribution in [2.24, 2.45) is 0 Å². The molecular weight excluding hydrogens is 349 g/mol. The summed E-state index contributed by atoms with van der Waals surface area (Å²) in [5.74, 6) is 0.372. The standard InChI is InChI=1S/C18H25F3N2OS/c1-12-8-13(2)10-16(9-12)14(3)22-17(25-7-6-24)15(4)23(5)11-18(19,20)21/h8-10,17,22,24H,3-4,6-7,11H2,1-2,5H3. The topological polar surface area (TPSA) is 35.5 Å². The van der Waals surface area contributed by atoms with Gasteiger partial charge in [0.25, 0.3) is 0 Å². The van der Waals surface area contributed by atoms with Crippen LogP contribution in [0.1, 0.15) is 16.7 Å². The number of nitrogens with zero attached hydrogens (tertiary/aromatic N) is 1. The van der Waals surface area contributed by atoms with Crippen LogP contribution in [-0.4, -0.2) is 47.5 Å². The van der Waals surface area contributed by atoms with E-state index in [1.165, 1.54) is 18.8 Å². The lowest BCUT2D eigenvalue weighted by molar-refractivity contribution is -0.139. The first-order valence-electron chi connectivity index (χ1n) is 7.76. The van der Waals surface area contributed by atoms with E-state index in [4.69, 9.17) is 5.11 Å². The monoisotopic (exact) mass is 374 g/mol. The van der Waals surface area contributed by atoms with E-state index in [-0.39, 0.29) is 12.3 Å². The molecule has 3 nitrogen and oxygen atoms in total. The van der Waals surface area contributed by atoms with Crippen LogP contribution in [0.15, 0.2) is 37.1 Å². The largest absolute Gasteiger partial charge is 0.405 e. The lowest BCUT2D eigenvalue weighted by Gasteiger charge is -2.30. The zero-order valence-electron chi connectivity index (χ0n) is 14.8. The number of rotatable bonds is 9. The molecule has 0 saturated carbocycles. The molecule has 2 N–H and O–H groups in total. The van der Waals surface area contributed by atoms with Gasteiger partial charge in [-0.1, -0.05) is 30.4 Å². The number of nitrogens with one attached hydrogen (secondary N) is 1. The van der Waals surface area contributed by atoms with E-state index in [0.29, 0.717) is 11.4 Å². The van der Waals surface area contributed by atoms with Crippen LogP contribution < -0.4 is 5.32 Å². The van der Waals surface area contributed by atoms with Crippen molar-refractivity contribution < 1.29 is 18.3 Å². The first kappa shape index (κ1) is 21.4. The highest BCUT2D eigenvalue weighted by Crippen LogP contribution is 2.25. The normalized spacial score (nSPS) is 12.6. The summed E-state index contributed by atoms with van der Waals surface area (Å²) >= 11 is 1.28. The Morgan fingerprint density at radius 3 is 2.28 bits per heavy atom. The maximum Gasteiger partial charge on any atom is 0.405 e. The van der Waals surface area contributed by atoms with Gasteiger partial charge in [-0.25, -0.2) is 0 Å². The molecule has 25 heavy (non-hydrogen) atoms. The molecule has 1 aromatic rings. The molecule has 0 fully saturated rings. The molecule has 0 radical (unpaired) electrons. The fourth-order valence-corrected chi connectivity index (χ4v) is 3.29. The zero-order chi connectivity index (χ0) is 19.2. The van der Waals surface area contributed by atoms with Gasteiger partial charge in [0.05, 0.1) is 6.61 Å². The fourth-order valence-electron chi connectivity index (χ4n) is 2.35. The molecule has 140 valence electrons. The Morgan fingerprint density at radius 2 is 1.80 bits per heavy atom. The Balaban J connectivity index is 2.90. The van der Waals surface area contributed by atoms with E-state index in [9.17, 15) is 13.2 Å². The van der Waals surface area contributed by atoms with E-state index in [0.717, 1.165) is 21.6 Å². The summed E-state index contributed by atoms with van der Waals surface area (Å²) in [5, 5.41) is 11.7. The fraction of sp³-hybridized carbons (Fsp3) is 0.444. The number of aryl methyl sites for hydroxylation is 2. The predicted molar refractivity (Wildman–Crippen MR) is 99.2 cm³/mol. The molecule has 0 amide bonds. The van der Waals surface area contributed by atoms with Gasteiger partial charge in [-0.2, -0.15) is 13.2 Å². The summed E-state index contributed by atoms with van der Waals surface area (Å²) in [4.78, 5) is 1.07. The minimum absolute atomic E-state index is 0.0743. The molecule has 1 rings (SSSR count). The predicted octanol–water partition coefficient (Wildman–Crippen LogP) is 3.92. The Hall–Kier alpha value is -1.60. The van der Waals surface area contributed by atoms with Crippen molar-refractivity contribution in [1.29, 1.82) is 0 Å². The molecule has 0 bridgehead atoms. The van der Waals surface area contributed by atoms with E-state index in [1.807, 2.05) is 32.0 Å². The number of aliphatic hydroxyl groups is 1. The lowest BCUT2D eigenvalue weighted by atomic mass is 10.1. The van der Waals surface area contributed by atoms with Crippen LogP contribution in [0.2, 0.25) is 0 Å². The van der Waals surface area contributed by atoms with Gasteiger partial charge in [0.1, 0.15) is 11.9 Å². The van der Waals surface area contributed by atoms with E-state index >= 15 is 0 Å². The molecular formula is C18H25F3N2OS. The van der Waals surface area contributed by atoms with Gasteiger partial charge in [0.15, 0.2) is 0 Å². The highest BCUT2D eigenvalue weighted by atomic mass is 32.2.